The first-order valence-corrected chi connectivity index (χ1v) is 9.11. The number of esters is 2. The number of H-pyrrole nitrogens is 2. The second-order valence-electron chi connectivity index (χ2n) is 6.23. The third-order valence-corrected chi connectivity index (χ3v) is 4.18. The number of carbonyl (C=O) groups is 3. The van der Waals surface area contributed by atoms with E-state index in [9.17, 15) is 19.2 Å². The highest BCUT2D eigenvalue weighted by molar-refractivity contribution is 5.95. The smallest absolute Gasteiger partial charge is 0.337 e. The van der Waals surface area contributed by atoms with Crippen molar-refractivity contribution < 1.29 is 23.9 Å². The summed E-state index contributed by atoms with van der Waals surface area (Å²) in [4.78, 5) is 52.1. The van der Waals surface area contributed by atoms with Gasteiger partial charge in [0.05, 0.1) is 25.0 Å². The van der Waals surface area contributed by atoms with Gasteiger partial charge in [0.15, 0.2) is 5.78 Å². The highest BCUT2D eigenvalue weighted by Gasteiger charge is 2.16. The number of aromatic amines is 2. The Bertz CT molecular complexity index is 879. The number of unbranched alkanes of at least 4 members (excludes halogenated alkanes) is 1. The summed E-state index contributed by atoms with van der Waals surface area (Å²) in [6.07, 6.45) is 1.90. The van der Waals surface area contributed by atoms with E-state index in [2.05, 4.69) is 14.7 Å². The van der Waals surface area contributed by atoms with Gasteiger partial charge in [-0.15, -0.1) is 0 Å². The SMILES string of the molecule is CCOC(=O)CCCCC(=O)c1[nH]c(=O)[nH]c1Cc1ccc(C(=O)OC)cc1. The van der Waals surface area contributed by atoms with E-state index in [0.717, 1.165) is 5.56 Å². The van der Waals surface area contributed by atoms with Crippen LogP contribution in [-0.4, -0.2) is 41.4 Å². The molecule has 2 N–H and O–H groups in total. The number of ether oxygens (including phenoxy) is 2. The first-order valence-electron chi connectivity index (χ1n) is 9.11. The van der Waals surface area contributed by atoms with Crippen LogP contribution >= 0.6 is 0 Å². The summed E-state index contributed by atoms with van der Waals surface area (Å²) in [6, 6.07) is 6.74. The Balaban J connectivity index is 1.98. The van der Waals surface area contributed by atoms with Gasteiger partial charge in [0, 0.05) is 19.3 Å². The van der Waals surface area contributed by atoms with Crippen LogP contribution in [0.5, 0.6) is 0 Å². The summed E-state index contributed by atoms with van der Waals surface area (Å²) in [5.41, 5.74) is 1.55. The van der Waals surface area contributed by atoms with Crippen molar-refractivity contribution >= 4 is 17.7 Å². The van der Waals surface area contributed by atoms with Gasteiger partial charge in [-0.2, -0.15) is 0 Å². The molecule has 0 aliphatic rings. The predicted octanol–water partition coefficient (Wildman–Crippen LogP) is 2.39. The monoisotopic (exact) mass is 388 g/mol. The van der Waals surface area contributed by atoms with Crippen LogP contribution in [0, 0.1) is 0 Å². The summed E-state index contributed by atoms with van der Waals surface area (Å²) in [5, 5.41) is 0. The number of carbonyl (C=O) groups excluding carboxylic acids is 3. The van der Waals surface area contributed by atoms with Gasteiger partial charge in [0.25, 0.3) is 0 Å². The fraction of sp³-hybridized carbons (Fsp3) is 0.400. The third-order valence-electron chi connectivity index (χ3n) is 4.18. The molecule has 0 amide bonds. The van der Waals surface area contributed by atoms with E-state index in [-0.39, 0.29) is 30.3 Å². The van der Waals surface area contributed by atoms with E-state index in [1.54, 1.807) is 31.2 Å². The van der Waals surface area contributed by atoms with Crippen LogP contribution in [-0.2, 0) is 20.7 Å². The molecule has 0 atom stereocenters. The third kappa shape index (κ3) is 5.94. The van der Waals surface area contributed by atoms with Gasteiger partial charge in [-0.25, -0.2) is 9.59 Å². The average Bonchev–Trinajstić information content (AvgIpc) is 3.05. The van der Waals surface area contributed by atoms with Crippen LogP contribution in [0.15, 0.2) is 29.1 Å². The van der Waals surface area contributed by atoms with Gasteiger partial charge in [-0.1, -0.05) is 12.1 Å². The molecule has 2 aromatic rings. The Morgan fingerprint density at radius 3 is 2.32 bits per heavy atom. The highest BCUT2D eigenvalue weighted by Crippen LogP contribution is 2.14. The molecule has 0 bridgehead atoms. The Morgan fingerprint density at radius 1 is 1.00 bits per heavy atom. The molecule has 0 aliphatic heterocycles. The largest absolute Gasteiger partial charge is 0.466 e. The molecule has 0 unspecified atom stereocenters. The van der Waals surface area contributed by atoms with Crippen molar-refractivity contribution in [1.82, 2.24) is 9.97 Å². The minimum atomic E-state index is -0.448. The molecule has 1 aromatic heterocycles. The van der Waals surface area contributed by atoms with E-state index in [0.29, 0.717) is 37.1 Å². The maximum Gasteiger partial charge on any atom is 0.337 e. The summed E-state index contributed by atoms with van der Waals surface area (Å²) in [5.74, 6) is -0.898. The maximum atomic E-state index is 12.5. The second-order valence-corrected chi connectivity index (χ2v) is 6.23. The minimum absolute atomic E-state index is 0.191. The van der Waals surface area contributed by atoms with Crippen LogP contribution in [0.25, 0.3) is 0 Å². The number of nitrogens with one attached hydrogen (secondary N) is 2. The van der Waals surface area contributed by atoms with Gasteiger partial charge in [0.2, 0.25) is 0 Å². The number of hydrogen-bond donors (Lipinski definition) is 2. The molecule has 0 fully saturated rings. The predicted molar refractivity (Wildman–Crippen MR) is 101 cm³/mol. The van der Waals surface area contributed by atoms with Gasteiger partial charge in [-0.3, -0.25) is 9.59 Å². The molecule has 0 spiro atoms. The van der Waals surface area contributed by atoms with Gasteiger partial charge < -0.3 is 19.4 Å². The van der Waals surface area contributed by atoms with Crippen molar-refractivity contribution in [2.75, 3.05) is 13.7 Å². The lowest BCUT2D eigenvalue weighted by molar-refractivity contribution is -0.143. The normalized spacial score (nSPS) is 10.5. The quantitative estimate of drug-likeness (QED) is 0.366. The molecule has 0 radical (unpaired) electrons. The number of Topliss-reactive ketones (excluding diaryl/α,β-unsaturated/α-hetero) is 1. The summed E-state index contributed by atoms with van der Waals surface area (Å²) in [7, 11) is 1.31. The van der Waals surface area contributed by atoms with Gasteiger partial charge in [0.1, 0.15) is 5.69 Å². The molecule has 1 aromatic carbocycles. The number of aromatic nitrogens is 2. The van der Waals surface area contributed by atoms with E-state index in [1.807, 2.05) is 0 Å². The van der Waals surface area contributed by atoms with Crippen molar-refractivity contribution in [1.29, 1.82) is 0 Å². The first-order chi connectivity index (χ1) is 13.4. The first kappa shape index (κ1) is 21.1. The lowest BCUT2D eigenvalue weighted by Crippen LogP contribution is -2.07. The van der Waals surface area contributed by atoms with Crippen LogP contribution in [0.4, 0.5) is 0 Å². The fourth-order valence-corrected chi connectivity index (χ4v) is 2.78. The van der Waals surface area contributed by atoms with E-state index < -0.39 is 11.7 Å². The summed E-state index contributed by atoms with van der Waals surface area (Å²) < 4.78 is 9.51. The van der Waals surface area contributed by atoms with Crippen LogP contribution in [0.3, 0.4) is 0 Å². The number of hydrogen-bond acceptors (Lipinski definition) is 6. The highest BCUT2D eigenvalue weighted by atomic mass is 16.5. The van der Waals surface area contributed by atoms with Crippen molar-refractivity contribution in [3.05, 3.63) is 57.3 Å². The molecule has 0 aliphatic carbocycles. The zero-order chi connectivity index (χ0) is 20.5. The van der Waals surface area contributed by atoms with Gasteiger partial charge >= 0.3 is 17.6 Å². The maximum absolute atomic E-state index is 12.5. The Hall–Kier alpha value is -3.16. The molecule has 0 saturated heterocycles. The Morgan fingerprint density at radius 2 is 1.68 bits per heavy atom. The van der Waals surface area contributed by atoms with E-state index >= 15 is 0 Å². The lowest BCUT2D eigenvalue weighted by atomic mass is 10.0. The lowest BCUT2D eigenvalue weighted by Gasteiger charge is -2.05. The van der Waals surface area contributed by atoms with Crippen molar-refractivity contribution in [2.45, 2.75) is 39.0 Å². The summed E-state index contributed by atoms with van der Waals surface area (Å²) >= 11 is 0. The Labute approximate surface area is 162 Å². The Kier molecular flexibility index (Phi) is 7.74. The van der Waals surface area contributed by atoms with Crippen molar-refractivity contribution in [3.8, 4) is 0 Å². The van der Waals surface area contributed by atoms with E-state index in [4.69, 9.17) is 4.74 Å². The zero-order valence-corrected chi connectivity index (χ0v) is 16.0. The molecule has 1 heterocycles. The topological polar surface area (TPSA) is 118 Å². The number of ketones is 1. The van der Waals surface area contributed by atoms with Crippen LogP contribution in [0.1, 0.15) is 64.7 Å². The molecule has 8 nitrogen and oxygen atoms in total. The minimum Gasteiger partial charge on any atom is -0.466 e. The number of methoxy groups -OCH3 is 1. The van der Waals surface area contributed by atoms with E-state index in [1.165, 1.54) is 7.11 Å². The molecular weight excluding hydrogens is 364 g/mol. The molecule has 28 heavy (non-hydrogen) atoms. The molecule has 2 rings (SSSR count). The second kappa shape index (κ2) is 10.2. The molecule has 150 valence electrons. The molecular formula is C20H24N2O6. The van der Waals surface area contributed by atoms with Crippen LogP contribution < -0.4 is 5.69 Å². The number of rotatable bonds is 10. The number of benzene rings is 1. The standard InChI is InChI=1S/C20H24N2O6/c1-3-28-17(24)7-5-4-6-16(23)18-15(21-20(26)22-18)12-13-8-10-14(11-9-13)19(25)27-2/h8-11H,3-7,12H2,1-2H3,(H2,21,22,26). The van der Waals surface area contributed by atoms with Crippen molar-refractivity contribution in [3.63, 3.8) is 0 Å². The summed E-state index contributed by atoms with van der Waals surface area (Å²) in [6.45, 7) is 2.08. The molecule has 0 saturated carbocycles. The van der Waals surface area contributed by atoms with Gasteiger partial charge in [-0.05, 0) is 37.5 Å². The average molecular weight is 388 g/mol. The van der Waals surface area contributed by atoms with Crippen LogP contribution in [0.2, 0.25) is 0 Å². The number of imidazole rings is 1. The van der Waals surface area contributed by atoms with Crippen molar-refractivity contribution in [2.24, 2.45) is 0 Å². The fourth-order valence-electron chi connectivity index (χ4n) is 2.78. The zero-order valence-electron chi connectivity index (χ0n) is 16.0. The molecule has 8 heteroatoms.